The van der Waals surface area contributed by atoms with E-state index in [1.54, 1.807) is 30.3 Å². The number of carboxylic acids is 1. The first-order chi connectivity index (χ1) is 14.7. The zero-order valence-corrected chi connectivity index (χ0v) is 16.3. The highest BCUT2D eigenvalue weighted by atomic mass is 19.4. The van der Waals surface area contributed by atoms with Crippen molar-refractivity contribution in [1.29, 1.82) is 0 Å². The molecule has 1 unspecified atom stereocenters. The van der Waals surface area contributed by atoms with Crippen LogP contribution in [0.5, 0.6) is 0 Å². The fourth-order valence-electron chi connectivity index (χ4n) is 2.78. The average molecular weight is 427 g/mol. The lowest BCUT2D eigenvalue weighted by atomic mass is 10.1. The standard InChI is InChI=1S/C14H8F3N3O2.C8H10N/c15-14(16,17)11-6-9(8-4-2-1-3-5-8)18-12-7-10(13(21)22)19-20(11)12;1-7(9)8-5-3-2-4-6-8/h1-7H,(H,21,22);2-7,9H,1H3/q;-1. The lowest BCUT2D eigenvalue weighted by Gasteiger charge is -2.12. The molecular formula is C22H18F3N4O2-. The van der Waals surface area contributed by atoms with Crippen LogP contribution >= 0.6 is 0 Å². The maximum absolute atomic E-state index is 13.2. The van der Waals surface area contributed by atoms with Gasteiger partial charge in [-0.2, -0.15) is 18.3 Å². The normalized spacial score (nSPS) is 12.2. The van der Waals surface area contributed by atoms with Crippen LogP contribution < -0.4 is 0 Å². The Morgan fingerprint density at radius 2 is 1.61 bits per heavy atom. The van der Waals surface area contributed by atoms with Gasteiger partial charge in [0.25, 0.3) is 0 Å². The number of aromatic nitrogens is 3. The Labute approximate surface area is 175 Å². The number of nitrogens with one attached hydrogen (secondary N) is 1. The molecule has 0 fully saturated rings. The molecule has 0 aliphatic carbocycles. The molecule has 0 aliphatic rings. The highest BCUT2D eigenvalue weighted by Crippen LogP contribution is 2.32. The number of carboxylic acid groups (broad SMARTS) is 1. The summed E-state index contributed by atoms with van der Waals surface area (Å²) in [6.45, 7) is 1.87. The van der Waals surface area contributed by atoms with Gasteiger partial charge in [-0.25, -0.2) is 14.3 Å². The van der Waals surface area contributed by atoms with Crippen molar-refractivity contribution < 1.29 is 23.1 Å². The molecule has 0 aliphatic heterocycles. The molecule has 2 aromatic carbocycles. The van der Waals surface area contributed by atoms with E-state index < -0.39 is 23.5 Å². The third-order valence-electron chi connectivity index (χ3n) is 4.31. The van der Waals surface area contributed by atoms with Gasteiger partial charge in [0.1, 0.15) is 0 Å². The Hall–Kier alpha value is -3.72. The molecule has 2 N–H and O–H groups in total. The number of halogens is 3. The molecule has 0 radical (unpaired) electrons. The second kappa shape index (κ2) is 8.97. The van der Waals surface area contributed by atoms with E-state index in [0.29, 0.717) is 10.1 Å². The summed E-state index contributed by atoms with van der Waals surface area (Å²) in [5.74, 6) is -1.42. The summed E-state index contributed by atoms with van der Waals surface area (Å²) in [7, 11) is 0. The second-order valence-corrected chi connectivity index (χ2v) is 6.63. The summed E-state index contributed by atoms with van der Waals surface area (Å²) in [6.07, 6.45) is -4.69. The Morgan fingerprint density at radius 1 is 1.03 bits per heavy atom. The smallest absolute Gasteiger partial charge is 0.433 e. The molecule has 4 rings (SSSR count). The van der Waals surface area contributed by atoms with Gasteiger partial charge in [0, 0.05) is 11.6 Å². The zero-order valence-electron chi connectivity index (χ0n) is 16.3. The summed E-state index contributed by atoms with van der Waals surface area (Å²) >= 11 is 0. The molecular weight excluding hydrogens is 409 g/mol. The van der Waals surface area contributed by atoms with Crippen molar-refractivity contribution in [2.75, 3.05) is 0 Å². The Morgan fingerprint density at radius 3 is 2.10 bits per heavy atom. The van der Waals surface area contributed by atoms with Crippen LogP contribution in [0.2, 0.25) is 0 Å². The molecule has 160 valence electrons. The minimum Gasteiger partial charge on any atom is -0.671 e. The van der Waals surface area contributed by atoms with Crippen molar-refractivity contribution in [3.05, 3.63) is 95.5 Å². The van der Waals surface area contributed by atoms with Gasteiger partial charge in [-0.3, -0.25) is 0 Å². The van der Waals surface area contributed by atoms with Crippen LogP contribution in [0.15, 0.2) is 72.8 Å². The molecule has 0 saturated heterocycles. The quantitative estimate of drug-likeness (QED) is 0.440. The van der Waals surface area contributed by atoms with Gasteiger partial charge in [-0.1, -0.05) is 73.2 Å². The first kappa shape index (κ1) is 22.0. The van der Waals surface area contributed by atoms with Gasteiger partial charge in [0.15, 0.2) is 17.0 Å². The highest BCUT2D eigenvalue weighted by Gasteiger charge is 2.35. The van der Waals surface area contributed by atoms with Crippen molar-refractivity contribution in [3.63, 3.8) is 0 Å². The van der Waals surface area contributed by atoms with Gasteiger partial charge in [0.05, 0.1) is 5.69 Å². The monoisotopic (exact) mass is 427 g/mol. The van der Waals surface area contributed by atoms with Crippen molar-refractivity contribution in [1.82, 2.24) is 14.6 Å². The summed E-state index contributed by atoms with van der Waals surface area (Å²) in [5.41, 5.74) is 7.24. The molecule has 2 heterocycles. The number of rotatable bonds is 3. The van der Waals surface area contributed by atoms with Crippen molar-refractivity contribution in [2.24, 2.45) is 0 Å². The number of hydrogen-bond acceptors (Lipinski definition) is 3. The third kappa shape index (κ3) is 5.26. The van der Waals surface area contributed by atoms with Crippen LogP contribution in [0.3, 0.4) is 0 Å². The van der Waals surface area contributed by atoms with E-state index in [9.17, 15) is 18.0 Å². The van der Waals surface area contributed by atoms with Gasteiger partial charge < -0.3 is 10.8 Å². The molecule has 4 aromatic rings. The number of alkyl halides is 3. The van der Waals surface area contributed by atoms with Crippen LogP contribution in [0.25, 0.3) is 22.6 Å². The van der Waals surface area contributed by atoms with E-state index in [4.69, 9.17) is 10.8 Å². The average Bonchev–Trinajstić information content (AvgIpc) is 3.18. The van der Waals surface area contributed by atoms with Gasteiger partial charge >= 0.3 is 12.1 Å². The van der Waals surface area contributed by atoms with Gasteiger partial charge in [-0.05, 0) is 6.07 Å². The van der Waals surface area contributed by atoms with E-state index in [1.165, 1.54) is 0 Å². The van der Waals surface area contributed by atoms with Crippen LogP contribution in [0, 0.1) is 0 Å². The Bertz CT molecular complexity index is 1170. The molecule has 1 atom stereocenters. The molecule has 0 saturated carbocycles. The van der Waals surface area contributed by atoms with Crippen LogP contribution in [0.4, 0.5) is 13.2 Å². The van der Waals surface area contributed by atoms with E-state index in [1.807, 2.05) is 37.3 Å². The fraction of sp³-hybridized carbons (Fsp3) is 0.136. The predicted molar refractivity (Wildman–Crippen MR) is 110 cm³/mol. The van der Waals surface area contributed by atoms with Gasteiger partial charge in [0.2, 0.25) is 0 Å². The number of carbonyl (C=O) groups is 1. The van der Waals surface area contributed by atoms with Crippen LogP contribution in [-0.2, 0) is 6.18 Å². The van der Waals surface area contributed by atoms with Crippen molar-refractivity contribution in [3.8, 4) is 11.3 Å². The molecule has 2 aromatic heterocycles. The Kier molecular flexibility index (Phi) is 6.36. The Balaban J connectivity index is 0.000000254. The predicted octanol–water partition coefficient (Wildman–Crippen LogP) is 5.91. The molecule has 0 amide bonds. The molecule has 0 bridgehead atoms. The van der Waals surface area contributed by atoms with Crippen molar-refractivity contribution >= 4 is 11.6 Å². The van der Waals surface area contributed by atoms with E-state index in [-0.39, 0.29) is 17.4 Å². The van der Waals surface area contributed by atoms with Gasteiger partial charge in [-0.15, -0.1) is 6.04 Å². The largest absolute Gasteiger partial charge is 0.671 e. The minimum absolute atomic E-state index is 0.0915. The molecule has 31 heavy (non-hydrogen) atoms. The number of benzene rings is 2. The minimum atomic E-state index is -4.69. The molecule has 6 nitrogen and oxygen atoms in total. The van der Waals surface area contributed by atoms with Crippen LogP contribution in [0.1, 0.15) is 34.7 Å². The number of hydrogen-bond donors (Lipinski definition) is 1. The SMILES string of the molecule is CC([NH-])c1ccccc1.O=C(O)c1cc2nc(-c3ccccc3)cc(C(F)(F)F)n2n1. The summed E-state index contributed by atoms with van der Waals surface area (Å²) in [4.78, 5) is 15.0. The first-order valence-electron chi connectivity index (χ1n) is 9.19. The third-order valence-corrected chi connectivity index (χ3v) is 4.31. The number of aromatic carboxylic acids is 1. The maximum atomic E-state index is 13.2. The van der Waals surface area contributed by atoms with Crippen molar-refractivity contribution in [2.45, 2.75) is 19.1 Å². The molecule has 0 spiro atoms. The molecule has 9 heteroatoms. The lowest BCUT2D eigenvalue weighted by molar-refractivity contribution is -0.142. The fourth-order valence-corrected chi connectivity index (χ4v) is 2.78. The number of nitrogens with zero attached hydrogens (tertiary/aromatic N) is 3. The van der Waals surface area contributed by atoms with E-state index in [2.05, 4.69) is 10.1 Å². The van der Waals surface area contributed by atoms with E-state index >= 15 is 0 Å². The summed E-state index contributed by atoms with van der Waals surface area (Å²) in [6, 6.07) is 19.9. The zero-order chi connectivity index (χ0) is 22.6. The first-order valence-corrected chi connectivity index (χ1v) is 9.19. The summed E-state index contributed by atoms with van der Waals surface area (Å²) < 4.78 is 40.1. The summed E-state index contributed by atoms with van der Waals surface area (Å²) in [5, 5.41) is 12.3. The highest BCUT2D eigenvalue weighted by molar-refractivity contribution is 5.86. The second-order valence-electron chi connectivity index (χ2n) is 6.63. The lowest BCUT2D eigenvalue weighted by Crippen LogP contribution is -2.14. The number of fused-ring (bicyclic) bond motifs is 1. The maximum Gasteiger partial charge on any atom is 0.433 e. The topological polar surface area (TPSA) is 91.3 Å². The van der Waals surface area contributed by atoms with E-state index in [0.717, 1.165) is 17.7 Å². The van der Waals surface area contributed by atoms with Crippen LogP contribution in [-0.4, -0.2) is 25.7 Å².